The van der Waals surface area contributed by atoms with E-state index in [4.69, 9.17) is 28.5 Å². The van der Waals surface area contributed by atoms with Gasteiger partial charge in [-0.05, 0) is 37.3 Å². The average Bonchev–Trinajstić information content (AvgIpc) is 2.47. The minimum absolute atomic E-state index is 0.0420. The van der Waals surface area contributed by atoms with Crippen molar-refractivity contribution in [2.45, 2.75) is 11.8 Å². The van der Waals surface area contributed by atoms with Crippen LogP contribution in [0.15, 0.2) is 46.3 Å². The number of nitrogens with one attached hydrogen (secondary N) is 1. The number of hydrogen-bond donors (Lipinski definition) is 1. The Morgan fingerprint density at radius 3 is 2.48 bits per heavy atom. The first kappa shape index (κ1) is 17.2. The first-order chi connectivity index (χ1) is 10.8. The molecule has 6 nitrogen and oxygen atoms in total. The van der Waals surface area contributed by atoms with Crippen LogP contribution in [-0.4, -0.2) is 18.4 Å². The van der Waals surface area contributed by atoms with Gasteiger partial charge in [-0.25, -0.2) is 18.4 Å². The molecule has 0 aliphatic carbocycles. The maximum atomic E-state index is 12.4. The maximum absolute atomic E-state index is 12.4. The fourth-order valence-corrected chi connectivity index (χ4v) is 3.08. The normalized spacial score (nSPS) is 11.8. The lowest BCUT2D eigenvalue weighted by Gasteiger charge is -2.05. The van der Waals surface area contributed by atoms with Gasteiger partial charge in [0.25, 0.3) is 0 Å². The van der Waals surface area contributed by atoms with Crippen molar-refractivity contribution in [1.29, 1.82) is 5.26 Å². The predicted octanol–water partition coefficient (Wildman–Crippen LogP) is 3.34. The van der Waals surface area contributed by atoms with Crippen LogP contribution in [0.3, 0.4) is 0 Å². The van der Waals surface area contributed by atoms with Gasteiger partial charge in [-0.3, -0.25) is 0 Å². The summed E-state index contributed by atoms with van der Waals surface area (Å²) in [6.45, 7) is 1.71. The van der Waals surface area contributed by atoms with Gasteiger partial charge in [-0.1, -0.05) is 23.2 Å². The van der Waals surface area contributed by atoms with E-state index in [0.29, 0.717) is 10.7 Å². The number of nitrogens with zero attached hydrogens (tertiary/aromatic N) is 3. The van der Waals surface area contributed by atoms with Gasteiger partial charge < -0.3 is 5.32 Å². The number of sulfone groups is 1. The molecule has 0 aliphatic rings. The SMILES string of the molecule is Cc1cc(Cl)nc(N/C=C(/C#N)S(=O)(=O)c2ccc(Cl)cc2)n1. The summed E-state index contributed by atoms with van der Waals surface area (Å²) in [6.07, 6.45) is 1.02. The van der Waals surface area contributed by atoms with Crippen LogP contribution < -0.4 is 5.32 Å². The summed E-state index contributed by atoms with van der Waals surface area (Å²) < 4.78 is 24.8. The summed E-state index contributed by atoms with van der Waals surface area (Å²) in [5.74, 6) is 0.0917. The lowest BCUT2D eigenvalue weighted by molar-refractivity contribution is 0.603. The Balaban J connectivity index is 2.35. The highest BCUT2D eigenvalue weighted by Crippen LogP contribution is 2.21. The Morgan fingerprint density at radius 1 is 1.26 bits per heavy atom. The smallest absolute Gasteiger partial charge is 0.228 e. The van der Waals surface area contributed by atoms with Crippen LogP contribution in [0, 0.1) is 18.3 Å². The number of rotatable bonds is 4. The third-order valence-electron chi connectivity index (χ3n) is 2.68. The second kappa shape index (κ2) is 6.96. The van der Waals surface area contributed by atoms with E-state index in [9.17, 15) is 8.42 Å². The minimum atomic E-state index is -3.97. The molecule has 1 N–H and O–H groups in total. The topological polar surface area (TPSA) is 95.7 Å². The molecule has 0 aliphatic heterocycles. The Labute approximate surface area is 143 Å². The third-order valence-corrected chi connectivity index (χ3v) is 4.81. The van der Waals surface area contributed by atoms with E-state index in [-0.39, 0.29) is 16.0 Å². The number of hydrogen-bond acceptors (Lipinski definition) is 6. The van der Waals surface area contributed by atoms with Gasteiger partial charge in [-0.2, -0.15) is 5.26 Å². The average molecular weight is 369 g/mol. The van der Waals surface area contributed by atoms with E-state index in [2.05, 4.69) is 15.3 Å². The van der Waals surface area contributed by atoms with Crippen LogP contribution in [-0.2, 0) is 9.84 Å². The number of nitriles is 1. The predicted molar refractivity (Wildman–Crippen MR) is 87.7 cm³/mol. The number of aromatic nitrogens is 2. The maximum Gasteiger partial charge on any atom is 0.228 e. The molecular formula is C14H10Cl2N4O2S. The van der Waals surface area contributed by atoms with Crippen LogP contribution in [0.1, 0.15) is 5.69 Å². The summed E-state index contributed by atoms with van der Waals surface area (Å²) >= 11 is 11.5. The van der Waals surface area contributed by atoms with Gasteiger partial charge in [0.15, 0.2) is 4.91 Å². The quantitative estimate of drug-likeness (QED) is 0.656. The fourth-order valence-electron chi connectivity index (χ4n) is 1.64. The van der Waals surface area contributed by atoms with Crippen molar-refractivity contribution in [2.75, 3.05) is 5.32 Å². The van der Waals surface area contributed by atoms with Gasteiger partial charge in [0.2, 0.25) is 15.8 Å². The minimum Gasteiger partial charge on any atom is -0.329 e. The Morgan fingerprint density at radius 2 is 1.91 bits per heavy atom. The largest absolute Gasteiger partial charge is 0.329 e. The summed E-state index contributed by atoms with van der Waals surface area (Å²) in [5, 5.41) is 12.3. The number of aryl methyl sites for hydroxylation is 1. The number of anilines is 1. The van der Waals surface area contributed by atoms with Crippen LogP contribution in [0.25, 0.3) is 0 Å². The Bertz CT molecular complexity index is 883. The molecule has 0 atom stereocenters. The highest BCUT2D eigenvalue weighted by Gasteiger charge is 2.20. The van der Waals surface area contributed by atoms with Gasteiger partial charge in [0, 0.05) is 16.9 Å². The second-order valence-corrected chi connectivity index (χ2v) is 7.12. The summed E-state index contributed by atoms with van der Waals surface area (Å²) in [7, 11) is -3.97. The number of allylic oxidation sites excluding steroid dienone is 1. The second-order valence-electron chi connectivity index (χ2n) is 4.38. The molecule has 0 bridgehead atoms. The lowest BCUT2D eigenvalue weighted by Crippen LogP contribution is -2.06. The molecule has 1 aromatic heterocycles. The lowest BCUT2D eigenvalue weighted by atomic mass is 10.4. The van der Waals surface area contributed by atoms with Crippen LogP contribution in [0.4, 0.5) is 5.95 Å². The molecular weight excluding hydrogens is 359 g/mol. The monoisotopic (exact) mass is 368 g/mol. The van der Waals surface area contributed by atoms with Crippen LogP contribution in [0.5, 0.6) is 0 Å². The van der Waals surface area contributed by atoms with E-state index in [1.807, 2.05) is 0 Å². The summed E-state index contributed by atoms with van der Waals surface area (Å²) in [6, 6.07) is 8.70. The van der Waals surface area contributed by atoms with E-state index >= 15 is 0 Å². The first-order valence-corrected chi connectivity index (χ1v) is 8.45. The molecule has 9 heteroatoms. The van der Waals surface area contributed by atoms with Gasteiger partial charge in [-0.15, -0.1) is 0 Å². The van der Waals surface area contributed by atoms with Gasteiger partial charge in [0.1, 0.15) is 11.2 Å². The number of benzene rings is 1. The molecule has 118 valence electrons. The molecule has 1 heterocycles. The molecule has 0 saturated heterocycles. The van der Waals surface area contributed by atoms with Crippen molar-refractivity contribution < 1.29 is 8.42 Å². The zero-order chi connectivity index (χ0) is 17.0. The molecule has 0 spiro atoms. The molecule has 0 saturated carbocycles. The summed E-state index contributed by atoms with van der Waals surface area (Å²) in [4.78, 5) is 7.39. The Hall–Kier alpha value is -2.14. The highest BCUT2D eigenvalue weighted by atomic mass is 35.5. The first-order valence-electron chi connectivity index (χ1n) is 6.21. The Kier molecular flexibility index (Phi) is 5.21. The van der Waals surface area contributed by atoms with Gasteiger partial charge in [0.05, 0.1) is 4.90 Å². The molecule has 23 heavy (non-hydrogen) atoms. The van der Waals surface area contributed by atoms with Crippen molar-refractivity contribution in [3.05, 3.63) is 57.3 Å². The molecule has 0 radical (unpaired) electrons. The van der Waals surface area contributed by atoms with E-state index in [0.717, 1.165) is 6.20 Å². The standard InChI is InChI=1S/C14H10Cl2N4O2S/c1-9-6-13(16)20-14(19-9)18-8-12(7-17)23(21,22)11-4-2-10(15)3-5-11/h2-6,8H,1H3,(H,18,19,20)/b12-8-. The van der Waals surface area contributed by atoms with Crippen molar-refractivity contribution in [3.8, 4) is 6.07 Å². The van der Waals surface area contributed by atoms with Crippen LogP contribution >= 0.6 is 23.2 Å². The molecule has 0 unspecified atom stereocenters. The van der Waals surface area contributed by atoms with Crippen molar-refractivity contribution >= 4 is 39.0 Å². The molecule has 1 aromatic carbocycles. The number of halogens is 2. The van der Waals surface area contributed by atoms with E-state index in [1.165, 1.54) is 24.3 Å². The summed E-state index contributed by atoms with van der Waals surface area (Å²) in [5.41, 5.74) is 0.597. The zero-order valence-electron chi connectivity index (χ0n) is 11.8. The van der Waals surface area contributed by atoms with Crippen molar-refractivity contribution in [3.63, 3.8) is 0 Å². The van der Waals surface area contributed by atoms with Crippen molar-refractivity contribution in [2.24, 2.45) is 0 Å². The molecule has 2 rings (SSSR count). The van der Waals surface area contributed by atoms with E-state index < -0.39 is 14.7 Å². The molecule has 2 aromatic rings. The molecule has 0 fully saturated rings. The van der Waals surface area contributed by atoms with E-state index in [1.54, 1.807) is 19.1 Å². The van der Waals surface area contributed by atoms with Gasteiger partial charge >= 0.3 is 0 Å². The van der Waals surface area contributed by atoms with Crippen LogP contribution in [0.2, 0.25) is 10.2 Å². The third kappa shape index (κ3) is 4.20. The van der Waals surface area contributed by atoms with Crippen molar-refractivity contribution in [1.82, 2.24) is 9.97 Å². The fraction of sp³-hybridized carbons (Fsp3) is 0.0714. The zero-order valence-corrected chi connectivity index (χ0v) is 14.1. The highest BCUT2D eigenvalue weighted by molar-refractivity contribution is 7.95. The molecule has 0 amide bonds.